The van der Waals surface area contributed by atoms with Gasteiger partial charge in [0.2, 0.25) is 0 Å². The van der Waals surface area contributed by atoms with Crippen LogP contribution in [0, 0.1) is 11.8 Å². The van der Waals surface area contributed by atoms with Gasteiger partial charge < -0.3 is 0 Å². The van der Waals surface area contributed by atoms with E-state index in [9.17, 15) is 9.59 Å². The van der Waals surface area contributed by atoms with Gasteiger partial charge in [-0.3, -0.25) is 0 Å². The molecular weight excluding hydrogens is 395 g/mol. The van der Waals surface area contributed by atoms with E-state index in [1.54, 1.807) is 7.05 Å². The molecule has 0 aromatic heterocycles. The van der Waals surface area contributed by atoms with E-state index in [1.807, 2.05) is 12.1 Å². The molecule has 2 bridgehead atoms. The van der Waals surface area contributed by atoms with Crippen LogP contribution in [0.25, 0.3) is 11.1 Å². The predicted octanol–water partition coefficient (Wildman–Crippen LogP) is 4.30. The fourth-order valence-electron chi connectivity index (χ4n) is 6.03. The second-order valence-electron chi connectivity index (χ2n) is 8.62. The molecule has 0 aliphatic carbocycles. The number of rotatable bonds is 2. The molecule has 4 heteroatoms. The summed E-state index contributed by atoms with van der Waals surface area (Å²) in [4.78, 5) is 27.4. The Balaban J connectivity index is 1.81. The number of fused-ring (bicyclic) bond motifs is 5. The molecule has 5 rings (SSSR count). The van der Waals surface area contributed by atoms with E-state index in [-0.39, 0.29) is 33.2 Å². The number of hydrogen-bond acceptors (Lipinski definition) is 2. The Hall–Kier alpha value is -2.14. The monoisotopic (exact) mass is 419 g/mol. The fraction of sp³-hybridized carbons (Fsp3) is 0.304. The molecule has 2 aromatic rings. The van der Waals surface area contributed by atoms with Crippen molar-refractivity contribution in [2.45, 2.75) is 21.0 Å². The average Bonchev–Trinajstić information content (AvgIpc) is 3.16. The molecule has 2 saturated heterocycles. The van der Waals surface area contributed by atoms with Crippen LogP contribution in [-0.2, 0) is 9.59 Å². The number of benzene rings is 2. The van der Waals surface area contributed by atoms with E-state index in [2.05, 4.69) is 60.0 Å². The minimum absolute atomic E-state index is 0.0387. The van der Waals surface area contributed by atoms with Crippen molar-refractivity contribution in [2.75, 3.05) is 7.05 Å². The first-order valence-corrected chi connectivity index (χ1v) is 16.2. The molecule has 3 heterocycles. The van der Waals surface area contributed by atoms with E-state index < -0.39 is 13.3 Å². The Morgan fingerprint density at radius 1 is 0.704 bits per heavy atom. The number of likely N-dealkylation sites (tertiary alicyclic amines) is 1. The molecule has 4 atom stereocenters. The van der Waals surface area contributed by atoms with E-state index in [1.165, 1.54) is 27.2 Å². The number of amides is 2. The molecule has 3 aliphatic rings. The summed E-state index contributed by atoms with van der Waals surface area (Å²) in [5.41, 5.74) is 5.12. The van der Waals surface area contributed by atoms with E-state index >= 15 is 0 Å². The Kier molecular flexibility index (Phi) is 3.58. The number of imide groups is 1. The normalized spacial score (nSPS) is 31.0. The maximum absolute atomic E-state index is 13.0. The van der Waals surface area contributed by atoms with Crippen LogP contribution >= 0.6 is 0 Å². The first kappa shape index (κ1) is 17.0. The average molecular weight is 418 g/mol. The van der Waals surface area contributed by atoms with Gasteiger partial charge in [-0.25, -0.2) is 0 Å². The minimum atomic E-state index is -2.49. The number of carbonyl (C=O) groups is 2. The molecule has 3 aliphatic heterocycles. The summed E-state index contributed by atoms with van der Waals surface area (Å²) in [5, 5.41) is 0. The van der Waals surface area contributed by atoms with Crippen molar-refractivity contribution >= 4 is 36.2 Å². The van der Waals surface area contributed by atoms with Crippen LogP contribution < -0.4 is 0 Å². The third kappa shape index (κ3) is 2.09. The molecule has 136 valence electrons. The van der Waals surface area contributed by atoms with Gasteiger partial charge in [0, 0.05) is 0 Å². The summed E-state index contributed by atoms with van der Waals surface area (Å²) < 4.78 is 0.498. The van der Waals surface area contributed by atoms with Crippen molar-refractivity contribution in [3.05, 3.63) is 71.8 Å². The van der Waals surface area contributed by atoms with Crippen molar-refractivity contribution in [2.24, 2.45) is 11.8 Å². The van der Waals surface area contributed by atoms with Crippen LogP contribution in [0.5, 0.6) is 0 Å². The first-order chi connectivity index (χ1) is 12.9. The molecule has 0 spiro atoms. The van der Waals surface area contributed by atoms with Crippen molar-refractivity contribution in [1.29, 1.82) is 0 Å². The molecule has 0 saturated carbocycles. The van der Waals surface area contributed by atoms with Gasteiger partial charge in [0.25, 0.3) is 0 Å². The van der Waals surface area contributed by atoms with Gasteiger partial charge in [0.1, 0.15) is 0 Å². The van der Waals surface area contributed by atoms with Gasteiger partial charge >= 0.3 is 162 Å². The molecular formula is C23H23GeNO2. The zero-order valence-electron chi connectivity index (χ0n) is 15.8. The van der Waals surface area contributed by atoms with E-state index in [0.717, 1.165) is 0 Å². The standard InChI is InChI=1S/C23H23GeNO2/c1-24(2)20-16(14-10-6-4-7-11-14)17(15-12-8-5-9-13-15)21(24)19-18(20)22(26)25(3)23(19)27/h4-13,18-21H,1-3H3/t18-,19+,20-,21+. The molecule has 0 N–H and O–H groups in total. The van der Waals surface area contributed by atoms with Crippen LogP contribution in [-0.4, -0.2) is 37.0 Å². The zero-order valence-corrected chi connectivity index (χ0v) is 17.9. The summed E-state index contributed by atoms with van der Waals surface area (Å²) in [6.07, 6.45) is 0. The van der Waals surface area contributed by atoms with Crippen LogP contribution in [0.2, 0.25) is 21.0 Å². The van der Waals surface area contributed by atoms with Gasteiger partial charge in [-0.1, -0.05) is 0 Å². The Morgan fingerprint density at radius 2 is 1.07 bits per heavy atom. The molecule has 0 unspecified atom stereocenters. The van der Waals surface area contributed by atoms with Crippen molar-refractivity contribution in [3.63, 3.8) is 0 Å². The zero-order chi connectivity index (χ0) is 18.9. The van der Waals surface area contributed by atoms with Gasteiger partial charge in [0.05, 0.1) is 0 Å². The summed E-state index contributed by atoms with van der Waals surface area (Å²) in [7, 11) is 1.66. The first-order valence-electron chi connectivity index (χ1n) is 9.61. The number of carbonyl (C=O) groups excluding carboxylic acids is 2. The van der Waals surface area contributed by atoms with Crippen LogP contribution in [0.3, 0.4) is 0 Å². The molecule has 2 fully saturated rings. The number of nitrogens with zero attached hydrogens (tertiary/aromatic N) is 1. The third-order valence-electron chi connectivity index (χ3n) is 7.02. The SMILES string of the molecule is CN1C(=O)[C@@H]2[C@H](C1=O)[C@@H]1C(c3ccccc3)=C(c3ccccc3)[C@H]2[Ge]1([CH3])[CH3]. The molecule has 27 heavy (non-hydrogen) atoms. The van der Waals surface area contributed by atoms with E-state index in [0.29, 0.717) is 0 Å². The molecule has 2 aromatic carbocycles. The molecule has 0 radical (unpaired) electrons. The summed E-state index contributed by atoms with van der Waals surface area (Å²) in [5.74, 6) is 4.63. The fourth-order valence-corrected chi connectivity index (χ4v) is 16.7. The topological polar surface area (TPSA) is 37.4 Å². The van der Waals surface area contributed by atoms with Crippen LogP contribution in [0.15, 0.2) is 60.7 Å². The van der Waals surface area contributed by atoms with Crippen LogP contribution in [0.4, 0.5) is 0 Å². The Labute approximate surface area is 162 Å². The van der Waals surface area contributed by atoms with Crippen molar-refractivity contribution in [3.8, 4) is 0 Å². The Morgan fingerprint density at radius 3 is 1.44 bits per heavy atom. The van der Waals surface area contributed by atoms with Crippen LogP contribution in [0.1, 0.15) is 11.1 Å². The van der Waals surface area contributed by atoms with Gasteiger partial charge in [0.15, 0.2) is 0 Å². The predicted molar refractivity (Wildman–Crippen MR) is 109 cm³/mol. The molecule has 3 nitrogen and oxygen atoms in total. The third-order valence-corrected chi connectivity index (χ3v) is 16.5. The van der Waals surface area contributed by atoms with Gasteiger partial charge in [-0.05, 0) is 0 Å². The quantitative estimate of drug-likeness (QED) is 0.539. The summed E-state index contributed by atoms with van der Waals surface area (Å²) >= 11 is -2.49. The summed E-state index contributed by atoms with van der Waals surface area (Å²) in [6.45, 7) is 0. The van der Waals surface area contributed by atoms with Gasteiger partial charge in [-0.15, -0.1) is 0 Å². The Bertz CT molecular complexity index is 902. The number of allylic oxidation sites excluding steroid dienone is 2. The second kappa shape index (κ2) is 5.68. The maximum atomic E-state index is 13.0. The van der Waals surface area contributed by atoms with Crippen molar-refractivity contribution in [1.82, 2.24) is 4.90 Å². The molecule has 2 amide bonds. The number of hydrogen-bond donors (Lipinski definition) is 0. The van der Waals surface area contributed by atoms with Gasteiger partial charge in [-0.2, -0.15) is 0 Å². The second-order valence-corrected chi connectivity index (χ2v) is 18.9. The van der Waals surface area contributed by atoms with Crippen molar-refractivity contribution < 1.29 is 9.59 Å². The summed E-state index contributed by atoms with van der Waals surface area (Å²) in [6, 6.07) is 21.0. The van der Waals surface area contributed by atoms with E-state index in [4.69, 9.17) is 0 Å².